The highest BCUT2D eigenvalue weighted by atomic mass is 32.2. The topological polar surface area (TPSA) is 46.4 Å². The summed E-state index contributed by atoms with van der Waals surface area (Å²) in [6.07, 6.45) is 5.93. The molecule has 2 heterocycles. The number of hydrogen-bond acceptors (Lipinski definition) is 3. The molecular weight excluding hydrogens is 342 g/mol. The number of aromatic nitrogens is 1. The van der Waals surface area contributed by atoms with Crippen LogP contribution < -0.4 is 5.32 Å². The Morgan fingerprint density at radius 1 is 1.04 bits per heavy atom. The number of nitrogens with zero attached hydrogens (tertiary/aromatic N) is 2. The summed E-state index contributed by atoms with van der Waals surface area (Å²) >= 11 is 1.36. The van der Waals surface area contributed by atoms with Gasteiger partial charge in [-0.25, -0.2) is 4.99 Å². The average Bonchev–Trinajstić information content (AvgIpc) is 3.28. The maximum Gasteiger partial charge on any atom is 0.264 e. The molecule has 5 heteroatoms. The number of carbonyl (C=O) groups is 1. The van der Waals surface area contributed by atoms with Crippen molar-refractivity contribution in [1.82, 2.24) is 9.88 Å². The lowest BCUT2D eigenvalue weighted by molar-refractivity contribution is -0.115. The van der Waals surface area contributed by atoms with E-state index in [-0.39, 0.29) is 5.91 Å². The van der Waals surface area contributed by atoms with Crippen LogP contribution >= 0.6 is 11.8 Å². The number of benzene rings is 2. The third-order valence-electron chi connectivity index (χ3n) is 4.05. The van der Waals surface area contributed by atoms with Gasteiger partial charge >= 0.3 is 0 Å². The fraction of sp³-hybridized carbons (Fsp3) is 0.0476. The van der Waals surface area contributed by atoms with Crippen LogP contribution in [0.5, 0.6) is 0 Å². The molecule has 3 aromatic rings. The zero-order valence-electron chi connectivity index (χ0n) is 14.2. The summed E-state index contributed by atoms with van der Waals surface area (Å²) in [5.41, 5.74) is 4.09. The van der Waals surface area contributed by atoms with Crippen molar-refractivity contribution in [2.45, 2.75) is 6.92 Å². The first kappa shape index (κ1) is 16.4. The molecule has 26 heavy (non-hydrogen) atoms. The van der Waals surface area contributed by atoms with E-state index >= 15 is 0 Å². The van der Waals surface area contributed by atoms with Gasteiger partial charge in [0.25, 0.3) is 5.91 Å². The van der Waals surface area contributed by atoms with Gasteiger partial charge in [-0.3, -0.25) is 4.79 Å². The largest absolute Gasteiger partial charge is 0.324 e. The number of amidine groups is 1. The first-order valence-electron chi connectivity index (χ1n) is 8.28. The van der Waals surface area contributed by atoms with Gasteiger partial charge in [-0.05, 0) is 66.2 Å². The van der Waals surface area contributed by atoms with Crippen molar-refractivity contribution >= 4 is 34.6 Å². The lowest BCUT2D eigenvalue weighted by Crippen LogP contribution is -2.19. The van der Waals surface area contributed by atoms with E-state index in [1.165, 1.54) is 17.3 Å². The maximum absolute atomic E-state index is 12.3. The summed E-state index contributed by atoms with van der Waals surface area (Å²) in [7, 11) is 0. The van der Waals surface area contributed by atoms with Crippen LogP contribution in [-0.2, 0) is 4.79 Å². The molecular formula is C21H17N3OS. The van der Waals surface area contributed by atoms with E-state index in [0.717, 1.165) is 16.9 Å². The number of aryl methyl sites for hydroxylation is 1. The van der Waals surface area contributed by atoms with Gasteiger partial charge in [-0.1, -0.05) is 30.3 Å². The first-order chi connectivity index (χ1) is 12.7. The number of amides is 1. The van der Waals surface area contributed by atoms with Crippen molar-refractivity contribution in [3.63, 3.8) is 0 Å². The summed E-state index contributed by atoms with van der Waals surface area (Å²) < 4.78 is 2.07. The van der Waals surface area contributed by atoms with Crippen LogP contribution in [0.25, 0.3) is 11.8 Å². The lowest BCUT2D eigenvalue weighted by Gasteiger charge is -2.08. The predicted molar refractivity (Wildman–Crippen MR) is 108 cm³/mol. The molecule has 4 rings (SSSR count). The molecule has 1 aliphatic heterocycles. The van der Waals surface area contributed by atoms with E-state index in [1.54, 1.807) is 0 Å². The monoisotopic (exact) mass is 359 g/mol. The van der Waals surface area contributed by atoms with Gasteiger partial charge in [0.2, 0.25) is 0 Å². The van der Waals surface area contributed by atoms with Gasteiger partial charge < -0.3 is 9.88 Å². The fourth-order valence-electron chi connectivity index (χ4n) is 2.74. The summed E-state index contributed by atoms with van der Waals surface area (Å²) in [4.78, 5) is 17.4. The standard InChI is InChI=1S/C21H17N3OS/c1-15-9-10-16(13-18(15)24-11-5-6-12-24)14-19-20(25)23-21(26-19)22-17-7-3-2-4-8-17/h2-14H,1H3,(H,22,23,25)/b19-14+. The van der Waals surface area contributed by atoms with Gasteiger partial charge in [0.05, 0.1) is 10.6 Å². The van der Waals surface area contributed by atoms with E-state index < -0.39 is 0 Å². The Labute approximate surface area is 156 Å². The molecule has 0 bridgehead atoms. The third kappa shape index (κ3) is 3.48. The molecule has 0 atom stereocenters. The lowest BCUT2D eigenvalue weighted by atomic mass is 10.1. The normalized spacial score (nSPS) is 17.0. The van der Waals surface area contributed by atoms with Crippen LogP contribution in [0.2, 0.25) is 0 Å². The molecule has 0 unspecified atom stereocenters. The van der Waals surface area contributed by atoms with Crippen molar-refractivity contribution in [2.24, 2.45) is 4.99 Å². The van der Waals surface area contributed by atoms with Crippen molar-refractivity contribution in [2.75, 3.05) is 0 Å². The number of aliphatic imine (C=N–C) groups is 1. The Balaban J connectivity index is 1.62. The minimum atomic E-state index is -0.118. The second kappa shape index (κ2) is 7.06. The highest BCUT2D eigenvalue weighted by Crippen LogP contribution is 2.28. The highest BCUT2D eigenvalue weighted by Gasteiger charge is 2.23. The van der Waals surface area contributed by atoms with Crippen molar-refractivity contribution in [1.29, 1.82) is 0 Å². The Morgan fingerprint density at radius 3 is 2.58 bits per heavy atom. The Kier molecular flexibility index (Phi) is 4.46. The minimum absolute atomic E-state index is 0.118. The Morgan fingerprint density at radius 2 is 1.81 bits per heavy atom. The average molecular weight is 359 g/mol. The smallest absolute Gasteiger partial charge is 0.264 e. The van der Waals surface area contributed by atoms with Crippen molar-refractivity contribution in [3.8, 4) is 5.69 Å². The number of para-hydroxylation sites is 1. The summed E-state index contributed by atoms with van der Waals surface area (Å²) in [6, 6.07) is 19.8. The van der Waals surface area contributed by atoms with Gasteiger partial charge in [-0.15, -0.1) is 0 Å². The second-order valence-corrected chi connectivity index (χ2v) is 6.98. The number of rotatable bonds is 3. The molecule has 0 saturated carbocycles. The Hall–Kier alpha value is -3.05. The molecule has 128 valence electrons. The number of thioether (sulfide) groups is 1. The highest BCUT2D eigenvalue weighted by molar-refractivity contribution is 8.18. The van der Waals surface area contributed by atoms with Gasteiger partial charge in [-0.2, -0.15) is 0 Å². The van der Waals surface area contributed by atoms with E-state index in [1.807, 2.05) is 67.0 Å². The van der Waals surface area contributed by atoms with E-state index in [2.05, 4.69) is 33.9 Å². The van der Waals surface area contributed by atoms with Crippen molar-refractivity contribution < 1.29 is 4.79 Å². The summed E-state index contributed by atoms with van der Waals surface area (Å²) in [6.45, 7) is 2.08. The molecule has 1 aliphatic rings. The summed E-state index contributed by atoms with van der Waals surface area (Å²) in [5.74, 6) is -0.118. The molecule has 1 aromatic heterocycles. The maximum atomic E-state index is 12.3. The Bertz CT molecular complexity index is 1010. The van der Waals surface area contributed by atoms with Gasteiger partial charge in [0.1, 0.15) is 0 Å². The van der Waals surface area contributed by atoms with E-state index in [0.29, 0.717) is 10.1 Å². The molecule has 1 amide bonds. The zero-order chi connectivity index (χ0) is 17.9. The van der Waals surface area contributed by atoms with Crippen LogP contribution in [0, 0.1) is 6.92 Å². The molecule has 1 saturated heterocycles. The van der Waals surface area contributed by atoms with Crippen LogP contribution in [0.15, 0.2) is 83.0 Å². The van der Waals surface area contributed by atoms with Gasteiger partial charge in [0, 0.05) is 18.1 Å². The molecule has 4 nitrogen and oxygen atoms in total. The summed E-state index contributed by atoms with van der Waals surface area (Å²) in [5, 5.41) is 3.43. The SMILES string of the molecule is Cc1ccc(/C=C2/SC(=Nc3ccccc3)NC2=O)cc1-n1cccc1. The zero-order valence-corrected chi connectivity index (χ0v) is 15.0. The molecule has 1 fully saturated rings. The fourth-order valence-corrected chi connectivity index (χ4v) is 3.58. The quantitative estimate of drug-likeness (QED) is 0.690. The van der Waals surface area contributed by atoms with Crippen molar-refractivity contribution in [3.05, 3.63) is 89.1 Å². The number of hydrogen-bond donors (Lipinski definition) is 1. The first-order valence-corrected chi connectivity index (χ1v) is 9.09. The minimum Gasteiger partial charge on any atom is -0.324 e. The van der Waals surface area contributed by atoms with Crippen LogP contribution in [0.3, 0.4) is 0 Å². The van der Waals surface area contributed by atoms with Crippen LogP contribution in [0.4, 0.5) is 5.69 Å². The number of nitrogens with one attached hydrogen (secondary N) is 1. The molecule has 0 aliphatic carbocycles. The third-order valence-corrected chi connectivity index (χ3v) is 4.96. The van der Waals surface area contributed by atoms with Gasteiger partial charge in [0.15, 0.2) is 5.17 Å². The second-order valence-electron chi connectivity index (χ2n) is 5.95. The molecule has 2 aromatic carbocycles. The molecule has 0 spiro atoms. The van der Waals surface area contributed by atoms with Crippen LogP contribution in [0.1, 0.15) is 11.1 Å². The number of carbonyl (C=O) groups excluding carboxylic acids is 1. The molecule has 0 radical (unpaired) electrons. The van der Waals surface area contributed by atoms with E-state index in [4.69, 9.17) is 0 Å². The van der Waals surface area contributed by atoms with Crippen LogP contribution in [-0.4, -0.2) is 15.6 Å². The predicted octanol–water partition coefficient (Wildman–Crippen LogP) is 4.68. The molecule has 1 N–H and O–H groups in total. The van der Waals surface area contributed by atoms with E-state index in [9.17, 15) is 4.79 Å².